The Morgan fingerprint density at radius 2 is 2.05 bits per heavy atom. The number of methoxy groups -OCH3 is 1. The molecule has 0 aromatic carbocycles. The molecule has 0 rings (SSSR count). The molecule has 0 aliphatic carbocycles. The van der Waals surface area contributed by atoms with Crippen LogP contribution in [-0.4, -0.2) is 42.9 Å². The molecule has 0 spiro atoms. The zero-order valence-corrected chi connectivity index (χ0v) is 13.2. The zero-order valence-electron chi connectivity index (χ0n) is 13.2. The fourth-order valence-electron chi connectivity index (χ4n) is 1.86. The van der Waals surface area contributed by atoms with Gasteiger partial charge in [0.15, 0.2) is 0 Å². The van der Waals surface area contributed by atoms with E-state index in [4.69, 9.17) is 9.73 Å². The Morgan fingerprint density at radius 3 is 2.47 bits per heavy atom. The lowest BCUT2D eigenvalue weighted by molar-refractivity contribution is -0.114. The van der Waals surface area contributed by atoms with Crippen LogP contribution in [0.5, 0.6) is 0 Å². The molecule has 0 saturated heterocycles. The molecule has 1 atom stereocenters. The van der Waals surface area contributed by atoms with Gasteiger partial charge in [0.25, 0.3) is 0 Å². The van der Waals surface area contributed by atoms with E-state index in [-0.39, 0.29) is 5.54 Å². The topological polar surface area (TPSA) is 41.9 Å². The first-order valence-corrected chi connectivity index (χ1v) is 7.36. The van der Waals surface area contributed by atoms with E-state index in [0.717, 1.165) is 44.3 Å². The van der Waals surface area contributed by atoms with Gasteiger partial charge in [-0.2, -0.15) is 0 Å². The maximum atomic E-state index is 11.1. The van der Waals surface area contributed by atoms with Gasteiger partial charge in [-0.05, 0) is 33.1 Å². The van der Waals surface area contributed by atoms with Crippen LogP contribution < -0.4 is 0 Å². The molecule has 0 bridgehead atoms. The predicted molar refractivity (Wildman–Crippen MR) is 80.6 cm³/mol. The van der Waals surface area contributed by atoms with Crippen molar-refractivity contribution in [2.45, 2.75) is 65.3 Å². The van der Waals surface area contributed by atoms with Gasteiger partial charge in [-0.15, -0.1) is 0 Å². The molecule has 4 heteroatoms. The number of hydrogen-bond donors (Lipinski definition) is 0. The van der Waals surface area contributed by atoms with Crippen molar-refractivity contribution in [3.8, 4) is 0 Å². The molecule has 0 N–H and O–H groups in total. The molecule has 0 aromatic heterocycles. The molecule has 0 fully saturated rings. The molecule has 0 aromatic rings. The summed E-state index contributed by atoms with van der Waals surface area (Å²) in [7, 11) is 1.71. The highest BCUT2D eigenvalue weighted by Gasteiger charge is 2.22. The van der Waals surface area contributed by atoms with Gasteiger partial charge in [0, 0.05) is 26.7 Å². The van der Waals surface area contributed by atoms with Crippen molar-refractivity contribution in [2.75, 3.05) is 20.3 Å². The van der Waals surface area contributed by atoms with Crippen molar-refractivity contribution < 1.29 is 9.53 Å². The second-order valence-electron chi connectivity index (χ2n) is 5.12. The Labute approximate surface area is 118 Å². The van der Waals surface area contributed by atoms with Gasteiger partial charge < -0.3 is 9.64 Å². The number of carbonyl (C=O) groups is 1. The molecular formula is C15H30N2O2. The SMILES string of the molecule is CCCCC(=NC(C)(CC)CCOC)N(C=O)CC. The smallest absolute Gasteiger partial charge is 0.215 e. The van der Waals surface area contributed by atoms with Crippen molar-refractivity contribution in [2.24, 2.45) is 4.99 Å². The van der Waals surface area contributed by atoms with E-state index in [0.29, 0.717) is 13.2 Å². The van der Waals surface area contributed by atoms with Gasteiger partial charge in [-0.25, -0.2) is 0 Å². The third kappa shape index (κ3) is 6.71. The van der Waals surface area contributed by atoms with Crippen LogP contribution in [0, 0.1) is 0 Å². The summed E-state index contributed by atoms with van der Waals surface area (Å²) in [5.41, 5.74) is -0.143. The summed E-state index contributed by atoms with van der Waals surface area (Å²) in [4.78, 5) is 17.7. The average Bonchev–Trinajstić information content (AvgIpc) is 2.43. The Kier molecular flexibility index (Phi) is 9.48. The molecule has 112 valence electrons. The Hall–Kier alpha value is -0.900. The summed E-state index contributed by atoms with van der Waals surface area (Å²) in [6, 6.07) is 0. The minimum absolute atomic E-state index is 0.143. The highest BCUT2D eigenvalue weighted by atomic mass is 16.5. The molecule has 0 radical (unpaired) electrons. The lowest BCUT2D eigenvalue weighted by Gasteiger charge is -2.28. The second-order valence-corrected chi connectivity index (χ2v) is 5.12. The Balaban J connectivity index is 5.04. The van der Waals surface area contributed by atoms with E-state index >= 15 is 0 Å². The maximum Gasteiger partial charge on any atom is 0.215 e. The standard InChI is InChI=1S/C15H30N2O2/c1-6-9-10-14(17(8-3)13-18)16-15(4,7-2)11-12-19-5/h13H,6-12H2,1-5H3. The molecule has 1 unspecified atom stereocenters. The first kappa shape index (κ1) is 18.1. The number of aliphatic imine (C=N–C) groups is 1. The molecule has 0 heterocycles. The number of unbranched alkanes of at least 4 members (excludes halogenated alkanes) is 1. The van der Waals surface area contributed by atoms with E-state index in [1.165, 1.54) is 0 Å². The molecule has 0 aliphatic heterocycles. The van der Waals surface area contributed by atoms with Crippen LogP contribution >= 0.6 is 0 Å². The van der Waals surface area contributed by atoms with E-state index in [2.05, 4.69) is 20.8 Å². The summed E-state index contributed by atoms with van der Waals surface area (Å²) in [6.07, 6.45) is 5.75. The number of nitrogens with zero attached hydrogens (tertiary/aromatic N) is 2. The van der Waals surface area contributed by atoms with Gasteiger partial charge in [0.2, 0.25) is 6.41 Å². The largest absolute Gasteiger partial charge is 0.385 e. The molecule has 0 aliphatic rings. The predicted octanol–water partition coefficient (Wildman–Crippen LogP) is 3.26. The molecule has 19 heavy (non-hydrogen) atoms. The van der Waals surface area contributed by atoms with Crippen molar-refractivity contribution in [3.63, 3.8) is 0 Å². The molecule has 1 amide bonds. The highest BCUT2D eigenvalue weighted by Crippen LogP contribution is 2.21. The number of rotatable bonds is 10. The average molecular weight is 270 g/mol. The highest BCUT2D eigenvalue weighted by molar-refractivity contribution is 5.90. The summed E-state index contributed by atoms with van der Waals surface area (Å²) in [6.45, 7) is 9.77. The Morgan fingerprint density at radius 1 is 1.37 bits per heavy atom. The quantitative estimate of drug-likeness (QED) is 0.347. The van der Waals surface area contributed by atoms with E-state index in [1.807, 2.05) is 6.92 Å². The van der Waals surface area contributed by atoms with Crippen LogP contribution in [-0.2, 0) is 9.53 Å². The minimum atomic E-state index is -0.143. The number of amidine groups is 1. The lowest BCUT2D eigenvalue weighted by atomic mass is 9.95. The van der Waals surface area contributed by atoms with Gasteiger partial charge >= 0.3 is 0 Å². The fourth-order valence-corrected chi connectivity index (χ4v) is 1.86. The van der Waals surface area contributed by atoms with Crippen LogP contribution in [0.4, 0.5) is 0 Å². The van der Waals surface area contributed by atoms with Gasteiger partial charge in [0.1, 0.15) is 5.84 Å². The van der Waals surface area contributed by atoms with E-state index in [9.17, 15) is 4.79 Å². The molecule has 0 saturated carbocycles. The van der Waals surface area contributed by atoms with E-state index in [1.54, 1.807) is 12.0 Å². The molecule has 4 nitrogen and oxygen atoms in total. The minimum Gasteiger partial charge on any atom is -0.385 e. The van der Waals surface area contributed by atoms with Gasteiger partial charge in [-0.3, -0.25) is 9.79 Å². The van der Waals surface area contributed by atoms with Crippen LogP contribution in [0.1, 0.15) is 59.8 Å². The van der Waals surface area contributed by atoms with Crippen molar-refractivity contribution >= 4 is 12.2 Å². The van der Waals surface area contributed by atoms with Gasteiger partial charge in [-0.1, -0.05) is 20.3 Å². The number of amides is 1. The van der Waals surface area contributed by atoms with Crippen LogP contribution in [0.3, 0.4) is 0 Å². The van der Waals surface area contributed by atoms with Crippen molar-refractivity contribution in [1.29, 1.82) is 0 Å². The normalized spacial score (nSPS) is 15.1. The summed E-state index contributed by atoms with van der Waals surface area (Å²) < 4.78 is 5.16. The third-order valence-electron chi connectivity index (χ3n) is 3.56. The van der Waals surface area contributed by atoms with Crippen LogP contribution in [0.2, 0.25) is 0 Å². The molecular weight excluding hydrogens is 240 g/mol. The summed E-state index contributed by atoms with van der Waals surface area (Å²) in [5.74, 6) is 0.916. The lowest BCUT2D eigenvalue weighted by Crippen LogP contribution is -2.34. The number of hydrogen-bond acceptors (Lipinski definition) is 3. The Bertz CT molecular complexity index is 279. The summed E-state index contributed by atoms with van der Waals surface area (Å²) >= 11 is 0. The van der Waals surface area contributed by atoms with Crippen molar-refractivity contribution in [3.05, 3.63) is 0 Å². The van der Waals surface area contributed by atoms with Crippen LogP contribution in [0.15, 0.2) is 4.99 Å². The van der Waals surface area contributed by atoms with E-state index < -0.39 is 0 Å². The monoisotopic (exact) mass is 270 g/mol. The number of ether oxygens (including phenoxy) is 1. The second kappa shape index (κ2) is 9.96. The maximum absolute atomic E-state index is 11.1. The van der Waals surface area contributed by atoms with Crippen molar-refractivity contribution in [1.82, 2.24) is 4.90 Å². The zero-order chi connectivity index (χ0) is 14.7. The fraction of sp³-hybridized carbons (Fsp3) is 0.867. The summed E-state index contributed by atoms with van der Waals surface area (Å²) in [5, 5.41) is 0. The first-order valence-electron chi connectivity index (χ1n) is 7.36. The number of carbonyl (C=O) groups excluding carboxylic acids is 1. The van der Waals surface area contributed by atoms with Crippen LogP contribution in [0.25, 0.3) is 0 Å². The first-order chi connectivity index (χ1) is 9.06. The van der Waals surface area contributed by atoms with Gasteiger partial charge in [0.05, 0.1) is 5.54 Å². The third-order valence-corrected chi connectivity index (χ3v) is 3.56.